The molecule has 0 heterocycles. The molecule has 0 saturated heterocycles. The van der Waals surface area contributed by atoms with E-state index >= 15 is 0 Å². The highest BCUT2D eigenvalue weighted by atomic mass is 16.3. The number of amides is 2. The van der Waals surface area contributed by atoms with Crippen LogP contribution in [0.2, 0.25) is 0 Å². The van der Waals surface area contributed by atoms with Crippen LogP contribution in [0.15, 0.2) is 24.3 Å². The van der Waals surface area contributed by atoms with Gasteiger partial charge >= 0.3 is 6.03 Å². The number of aliphatic hydroxyl groups is 1. The van der Waals surface area contributed by atoms with E-state index in [-0.39, 0.29) is 18.2 Å². The van der Waals surface area contributed by atoms with E-state index in [0.29, 0.717) is 12.5 Å². The number of hydrogen-bond donors (Lipinski definition) is 2. The van der Waals surface area contributed by atoms with Crippen molar-refractivity contribution in [1.29, 1.82) is 0 Å². The zero-order valence-electron chi connectivity index (χ0n) is 13.9. The van der Waals surface area contributed by atoms with Crippen molar-refractivity contribution in [2.24, 2.45) is 5.92 Å². The number of nitrogens with zero attached hydrogens (tertiary/aromatic N) is 1. The van der Waals surface area contributed by atoms with Crippen molar-refractivity contribution >= 4 is 6.03 Å². The van der Waals surface area contributed by atoms with Crippen LogP contribution in [-0.2, 0) is 6.42 Å². The Kier molecular flexibility index (Phi) is 5.83. The monoisotopic (exact) mass is 304 g/mol. The number of urea groups is 1. The first-order valence-corrected chi connectivity index (χ1v) is 8.24. The Bertz CT molecular complexity index is 482. The number of hydrogen-bond acceptors (Lipinski definition) is 2. The summed E-state index contributed by atoms with van der Waals surface area (Å²) in [5.74, 6) is 0.393. The fourth-order valence-corrected chi connectivity index (χ4v) is 2.58. The van der Waals surface area contributed by atoms with Crippen molar-refractivity contribution in [3.8, 4) is 0 Å². The molecule has 0 spiro atoms. The van der Waals surface area contributed by atoms with Gasteiger partial charge in [0.05, 0.1) is 6.10 Å². The maximum absolute atomic E-state index is 12.2. The lowest BCUT2D eigenvalue weighted by molar-refractivity contribution is 0.112. The normalized spacial score (nSPS) is 16.9. The fraction of sp³-hybridized carbons (Fsp3) is 0.611. The number of aliphatic hydroxyl groups excluding tert-OH is 1. The van der Waals surface area contributed by atoms with Crippen LogP contribution in [-0.4, -0.2) is 41.8 Å². The Morgan fingerprint density at radius 1 is 1.36 bits per heavy atom. The van der Waals surface area contributed by atoms with Crippen LogP contribution in [0.3, 0.4) is 0 Å². The van der Waals surface area contributed by atoms with E-state index in [1.165, 1.54) is 11.1 Å². The summed E-state index contributed by atoms with van der Waals surface area (Å²) < 4.78 is 0. The van der Waals surface area contributed by atoms with Crippen LogP contribution in [0.4, 0.5) is 4.79 Å². The zero-order chi connectivity index (χ0) is 16.1. The lowest BCUT2D eigenvalue weighted by Gasteiger charge is -2.25. The van der Waals surface area contributed by atoms with E-state index in [1.54, 1.807) is 11.9 Å². The first kappa shape index (κ1) is 16.8. The molecule has 1 aliphatic rings. The highest BCUT2D eigenvalue weighted by molar-refractivity contribution is 5.74. The lowest BCUT2D eigenvalue weighted by atomic mass is 10.0. The van der Waals surface area contributed by atoms with Crippen molar-refractivity contribution in [2.45, 2.75) is 51.7 Å². The molecule has 2 N–H and O–H groups in total. The lowest BCUT2D eigenvalue weighted by Crippen LogP contribution is -2.46. The molecule has 22 heavy (non-hydrogen) atoms. The fourth-order valence-electron chi connectivity index (χ4n) is 2.58. The topological polar surface area (TPSA) is 52.6 Å². The van der Waals surface area contributed by atoms with Gasteiger partial charge in [-0.25, -0.2) is 4.79 Å². The van der Waals surface area contributed by atoms with Crippen LogP contribution in [0.1, 0.15) is 37.3 Å². The summed E-state index contributed by atoms with van der Waals surface area (Å²) in [6.07, 6.45) is 3.51. The molecule has 4 nitrogen and oxygen atoms in total. The number of aryl methyl sites for hydroxylation is 1. The number of nitrogens with one attached hydrogen (secondary N) is 1. The van der Waals surface area contributed by atoms with Crippen LogP contribution in [0.5, 0.6) is 0 Å². The molecule has 1 saturated carbocycles. The summed E-state index contributed by atoms with van der Waals surface area (Å²) in [7, 11) is 1.75. The Morgan fingerprint density at radius 3 is 2.55 bits per heavy atom. The number of benzene rings is 1. The van der Waals surface area contributed by atoms with Crippen molar-refractivity contribution in [2.75, 3.05) is 13.6 Å². The van der Waals surface area contributed by atoms with Crippen molar-refractivity contribution in [3.05, 3.63) is 35.4 Å². The van der Waals surface area contributed by atoms with E-state index in [9.17, 15) is 9.90 Å². The smallest absolute Gasteiger partial charge is 0.317 e. The average Bonchev–Trinajstić information content (AvgIpc) is 3.33. The Hall–Kier alpha value is -1.55. The summed E-state index contributed by atoms with van der Waals surface area (Å²) >= 11 is 0. The van der Waals surface area contributed by atoms with Crippen LogP contribution in [0, 0.1) is 12.8 Å². The Labute approximate surface area is 133 Å². The zero-order valence-corrected chi connectivity index (χ0v) is 13.9. The molecule has 2 rings (SSSR count). The summed E-state index contributed by atoms with van der Waals surface area (Å²) in [5.41, 5.74) is 2.48. The number of rotatable bonds is 7. The molecule has 0 bridgehead atoms. The molecular weight excluding hydrogens is 276 g/mol. The molecule has 0 aliphatic heterocycles. The van der Waals surface area contributed by atoms with Gasteiger partial charge in [0, 0.05) is 19.6 Å². The molecule has 1 aromatic carbocycles. The van der Waals surface area contributed by atoms with Crippen LogP contribution < -0.4 is 5.32 Å². The second-order valence-electron chi connectivity index (χ2n) is 6.53. The molecule has 0 radical (unpaired) electrons. The maximum Gasteiger partial charge on any atom is 0.317 e. The molecule has 122 valence electrons. The minimum absolute atomic E-state index is 0.0985. The second-order valence-corrected chi connectivity index (χ2v) is 6.53. The first-order chi connectivity index (χ1) is 10.5. The van der Waals surface area contributed by atoms with Gasteiger partial charge in [-0.2, -0.15) is 0 Å². The summed E-state index contributed by atoms with van der Waals surface area (Å²) in [5, 5.41) is 13.0. The van der Waals surface area contributed by atoms with Gasteiger partial charge in [-0.15, -0.1) is 0 Å². The van der Waals surface area contributed by atoms with E-state index in [4.69, 9.17) is 0 Å². The third kappa shape index (κ3) is 5.02. The SMILES string of the molecule is CCC(Cc1ccc(C)cc1)NC(=O)N(C)CC(O)C1CC1. The molecule has 1 aliphatic carbocycles. The largest absolute Gasteiger partial charge is 0.391 e. The third-order valence-corrected chi connectivity index (χ3v) is 4.40. The minimum Gasteiger partial charge on any atom is -0.391 e. The van der Waals surface area contributed by atoms with Gasteiger partial charge in [-0.1, -0.05) is 36.8 Å². The molecule has 1 aromatic rings. The van der Waals surface area contributed by atoms with Crippen molar-refractivity contribution in [3.63, 3.8) is 0 Å². The Balaban J connectivity index is 1.82. The van der Waals surface area contributed by atoms with Gasteiger partial charge in [-0.05, 0) is 44.1 Å². The standard InChI is InChI=1S/C18H28N2O2/c1-4-16(11-14-7-5-13(2)6-8-14)19-18(22)20(3)12-17(21)15-9-10-15/h5-8,15-17,21H,4,9-12H2,1-3H3,(H,19,22). The minimum atomic E-state index is -0.382. The quantitative estimate of drug-likeness (QED) is 0.814. The van der Waals surface area contributed by atoms with Gasteiger partial charge < -0.3 is 15.3 Å². The molecule has 0 aromatic heterocycles. The van der Waals surface area contributed by atoms with E-state index < -0.39 is 0 Å². The van der Waals surface area contributed by atoms with Gasteiger partial charge in [0.15, 0.2) is 0 Å². The highest BCUT2D eigenvalue weighted by Gasteiger charge is 2.31. The summed E-state index contributed by atoms with van der Waals surface area (Å²) in [6, 6.07) is 8.45. The molecule has 2 unspecified atom stereocenters. The maximum atomic E-state index is 12.2. The molecule has 2 amide bonds. The van der Waals surface area contributed by atoms with Crippen molar-refractivity contribution < 1.29 is 9.90 Å². The van der Waals surface area contributed by atoms with Crippen molar-refractivity contribution in [1.82, 2.24) is 10.2 Å². The summed E-state index contributed by atoms with van der Waals surface area (Å²) in [4.78, 5) is 13.8. The van der Waals surface area contributed by atoms with E-state index in [2.05, 4.69) is 43.4 Å². The third-order valence-electron chi connectivity index (χ3n) is 4.40. The highest BCUT2D eigenvalue weighted by Crippen LogP contribution is 2.32. The van der Waals surface area contributed by atoms with Gasteiger partial charge in [0.1, 0.15) is 0 Å². The number of carbonyl (C=O) groups excluding carboxylic acids is 1. The summed E-state index contributed by atoms with van der Waals surface area (Å²) in [6.45, 7) is 4.57. The van der Waals surface area contributed by atoms with Gasteiger partial charge in [-0.3, -0.25) is 0 Å². The average molecular weight is 304 g/mol. The molecule has 2 atom stereocenters. The number of likely N-dealkylation sites (N-methyl/N-ethyl adjacent to an activating group) is 1. The Morgan fingerprint density at radius 2 is 2.00 bits per heavy atom. The van der Waals surface area contributed by atoms with Gasteiger partial charge in [0.25, 0.3) is 0 Å². The van der Waals surface area contributed by atoms with Crippen LogP contribution in [0.25, 0.3) is 0 Å². The van der Waals surface area contributed by atoms with Crippen LogP contribution >= 0.6 is 0 Å². The second kappa shape index (κ2) is 7.63. The number of carbonyl (C=O) groups is 1. The molecule has 4 heteroatoms. The van der Waals surface area contributed by atoms with Gasteiger partial charge in [0.2, 0.25) is 0 Å². The predicted molar refractivity (Wildman–Crippen MR) is 88.9 cm³/mol. The molecular formula is C18H28N2O2. The van der Waals surface area contributed by atoms with E-state index in [1.807, 2.05) is 0 Å². The first-order valence-electron chi connectivity index (χ1n) is 8.24. The van der Waals surface area contributed by atoms with E-state index in [0.717, 1.165) is 25.7 Å². The molecule has 1 fully saturated rings. The predicted octanol–water partition coefficient (Wildman–Crippen LogP) is 2.73.